The number of hydrogen-bond acceptors (Lipinski definition) is 4. The van der Waals surface area contributed by atoms with Crippen molar-refractivity contribution in [3.8, 4) is 17.6 Å². The Morgan fingerprint density at radius 1 is 1.15 bits per heavy atom. The fraction of sp³-hybridized carbons (Fsp3) is 0.188. The van der Waals surface area contributed by atoms with Gasteiger partial charge in [-0.2, -0.15) is 5.26 Å². The molecule has 0 unspecified atom stereocenters. The van der Waals surface area contributed by atoms with Gasteiger partial charge in [0.05, 0.1) is 11.3 Å². The van der Waals surface area contributed by atoms with Gasteiger partial charge in [0.2, 0.25) is 6.79 Å². The van der Waals surface area contributed by atoms with E-state index in [-0.39, 0.29) is 6.79 Å². The van der Waals surface area contributed by atoms with Crippen LogP contribution in [0.5, 0.6) is 11.5 Å². The van der Waals surface area contributed by atoms with E-state index < -0.39 is 0 Å². The Bertz CT molecular complexity index is 689. The number of anilines is 1. The van der Waals surface area contributed by atoms with E-state index in [1.165, 1.54) is 0 Å². The minimum absolute atomic E-state index is 0.280. The van der Waals surface area contributed by atoms with Crippen LogP contribution in [0, 0.1) is 18.3 Å². The van der Waals surface area contributed by atoms with Gasteiger partial charge < -0.3 is 14.8 Å². The molecule has 1 aliphatic rings. The fourth-order valence-corrected chi connectivity index (χ4v) is 2.15. The van der Waals surface area contributed by atoms with Gasteiger partial charge in [-0.15, -0.1) is 0 Å². The third-order valence-electron chi connectivity index (χ3n) is 3.22. The Morgan fingerprint density at radius 2 is 2.00 bits per heavy atom. The van der Waals surface area contributed by atoms with Crippen LogP contribution in [0.2, 0.25) is 0 Å². The molecule has 20 heavy (non-hydrogen) atoms. The number of rotatable bonds is 3. The second-order valence-corrected chi connectivity index (χ2v) is 4.70. The van der Waals surface area contributed by atoms with Crippen molar-refractivity contribution < 1.29 is 9.47 Å². The third kappa shape index (κ3) is 2.39. The summed E-state index contributed by atoms with van der Waals surface area (Å²) in [6.07, 6.45) is 0. The van der Waals surface area contributed by atoms with Crippen molar-refractivity contribution in [2.45, 2.75) is 13.5 Å². The van der Waals surface area contributed by atoms with Crippen LogP contribution >= 0.6 is 0 Å². The molecule has 100 valence electrons. The molecule has 2 aromatic rings. The average molecular weight is 266 g/mol. The normalized spacial score (nSPS) is 12.0. The first-order chi connectivity index (χ1) is 9.76. The van der Waals surface area contributed by atoms with Crippen molar-refractivity contribution in [3.63, 3.8) is 0 Å². The second-order valence-electron chi connectivity index (χ2n) is 4.70. The molecule has 2 aromatic carbocycles. The minimum Gasteiger partial charge on any atom is -0.454 e. The summed E-state index contributed by atoms with van der Waals surface area (Å²) in [5.41, 5.74) is 3.71. The zero-order valence-corrected chi connectivity index (χ0v) is 11.1. The van der Waals surface area contributed by atoms with E-state index in [4.69, 9.17) is 14.7 Å². The Balaban J connectivity index is 1.77. The molecule has 1 heterocycles. The number of hydrogen-bond donors (Lipinski definition) is 1. The van der Waals surface area contributed by atoms with Gasteiger partial charge in [-0.1, -0.05) is 12.1 Å². The molecular weight excluding hydrogens is 252 g/mol. The summed E-state index contributed by atoms with van der Waals surface area (Å²) in [5, 5.41) is 12.4. The Labute approximate surface area is 117 Å². The van der Waals surface area contributed by atoms with Gasteiger partial charge in [-0.25, -0.2) is 0 Å². The highest BCUT2D eigenvalue weighted by Crippen LogP contribution is 2.32. The molecule has 0 atom stereocenters. The van der Waals surface area contributed by atoms with Crippen molar-refractivity contribution in [2.75, 3.05) is 12.1 Å². The molecular formula is C16H14N2O2. The monoisotopic (exact) mass is 266 g/mol. The highest BCUT2D eigenvalue weighted by atomic mass is 16.7. The summed E-state index contributed by atoms with van der Waals surface area (Å²) < 4.78 is 10.6. The van der Waals surface area contributed by atoms with E-state index in [0.29, 0.717) is 12.1 Å². The molecule has 4 nitrogen and oxygen atoms in total. The van der Waals surface area contributed by atoms with Crippen molar-refractivity contribution in [1.29, 1.82) is 5.26 Å². The number of nitrogens with zero attached hydrogens (tertiary/aromatic N) is 1. The molecule has 0 aliphatic carbocycles. The Hall–Kier alpha value is -2.67. The topological polar surface area (TPSA) is 54.3 Å². The van der Waals surface area contributed by atoms with E-state index in [1.807, 2.05) is 43.3 Å². The number of fused-ring (bicyclic) bond motifs is 1. The van der Waals surface area contributed by atoms with Crippen molar-refractivity contribution in [2.24, 2.45) is 0 Å². The van der Waals surface area contributed by atoms with Crippen LogP contribution in [-0.4, -0.2) is 6.79 Å². The smallest absolute Gasteiger partial charge is 0.231 e. The summed E-state index contributed by atoms with van der Waals surface area (Å²) >= 11 is 0. The Morgan fingerprint density at radius 3 is 2.85 bits per heavy atom. The van der Waals surface area contributed by atoms with E-state index >= 15 is 0 Å². The van der Waals surface area contributed by atoms with Crippen LogP contribution < -0.4 is 14.8 Å². The number of nitriles is 1. The second kappa shape index (κ2) is 5.14. The van der Waals surface area contributed by atoms with Gasteiger partial charge in [0.15, 0.2) is 11.5 Å². The van der Waals surface area contributed by atoms with Gasteiger partial charge in [-0.3, -0.25) is 0 Å². The number of nitrogens with one attached hydrogen (secondary N) is 1. The summed E-state index contributed by atoms with van der Waals surface area (Å²) in [6, 6.07) is 13.8. The lowest BCUT2D eigenvalue weighted by molar-refractivity contribution is 0.174. The first-order valence-electron chi connectivity index (χ1n) is 6.39. The van der Waals surface area contributed by atoms with Crippen LogP contribution in [0.15, 0.2) is 36.4 Å². The van der Waals surface area contributed by atoms with Crippen molar-refractivity contribution >= 4 is 5.69 Å². The lowest BCUT2D eigenvalue weighted by Crippen LogP contribution is -2.01. The van der Waals surface area contributed by atoms with Crippen molar-refractivity contribution in [3.05, 3.63) is 53.1 Å². The summed E-state index contributed by atoms with van der Waals surface area (Å²) in [6.45, 7) is 2.92. The molecule has 0 radical (unpaired) electrons. The molecule has 1 aliphatic heterocycles. The first-order valence-corrected chi connectivity index (χ1v) is 6.39. The lowest BCUT2D eigenvalue weighted by Gasteiger charge is -2.09. The molecule has 0 aromatic heterocycles. The average Bonchev–Trinajstić information content (AvgIpc) is 2.92. The van der Waals surface area contributed by atoms with E-state index in [0.717, 1.165) is 28.3 Å². The van der Waals surface area contributed by atoms with Crippen LogP contribution in [0.25, 0.3) is 0 Å². The van der Waals surface area contributed by atoms with Crippen LogP contribution in [-0.2, 0) is 6.54 Å². The number of ether oxygens (including phenoxy) is 2. The molecule has 1 N–H and O–H groups in total. The minimum atomic E-state index is 0.280. The fourth-order valence-electron chi connectivity index (χ4n) is 2.15. The molecule has 0 fully saturated rings. The maximum absolute atomic E-state index is 9.11. The SMILES string of the molecule is Cc1ccc(C#N)c(NCc2ccc3c(c2)OCO3)c1. The van der Waals surface area contributed by atoms with Gasteiger partial charge >= 0.3 is 0 Å². The van der Waals surface area contributed by atoms with Crippen LogP contribution in [0.3, 0.4) is 0 Å². The largest absolute Gasteiger partial charge is 0.454 e. The van der Waals surface area contributed by atoms with E-state index in [1.54, 1.807) is 0 Å². The molecule has 0 amide bonds. The zero-order valence-electron chi connectivity index (χ0n) is 11.1. The van der Waals surface area contributed by atoms with Gasteiger partial charge in [0.1, 0.15) is 6.07 Å². The van der Waals surface area contributed by atoms with Crippen molar-refractivity contribution in [1.82, 2.24) is 0 Å². The van der Waals surface area contributed by atoms with E-state index in [2.05, 4.69) is 11.4 Å². The predicted octanol–water partition coefficient (Wildman–Crippen LogP) is 3.21. The quantitative estimate of drug-likeness (QED) is 0.926. The van der Waals surface area contributed by atoms with Gasteiger partial charge in [0.25, 0.3) is 0 Å². The summed E-state index contributed by atoms with van der Waals surface area (Å²) in [4.78, 5) is 0. The van der Waals surface area contributed by atoms with E-state index in [9.17, 15) is 0 Å². The maximum atomic E-state index is 9.11. The van der Waals surface area contributed by atoms with Gasteiger partial charge in [0, 0.05) is 6.54 Å². The highest BCUT2D eigenvalue weighted by Gasteiger charge is 2.13. The number of benzene rings is 2. The predicted molar refractivity (Wildman–Crippen MR) is 75.8 cm³/mol. The molecule has 3 rings (SSSR count). The van der Waals surface area contributed by atoms with Crippen LogP contribution in [0.1, 0.15) is 16.7 Å². The summed E-state index contributed by atoms with van der Waals surface area (Å²) in [7, 11) is 0. The molecule has 4 heteroatoms. The van der Waals surface area contributed by atoms with Gasteiger partial charge in [-0.05, 0) is 42.3 Å². The molecule has 0 spiro atoms. The Kier molecular flexibility index (Phi) is 3.18. The molecule has 0 saturated heterocycles. The summed E-state index contributed by atoms with van der Waals surface area (Å²) in [5.74, 6) is 1.55. The van der Waals surface area contributed by atoms with Crippen LogP contribution in [0.4, 0.5) is 5.69 Å². The third-order valence-corrected chi connectivity index (χ3v) is 3.22. The zero-order chi connectivity index (χ0) is 13.9. The first kappa shape index (κ1) is 12.4. The number of aryl methyl sites for hydroxylation is 1. The molecule has 0 saturated carbocycles. The standard InChI is InChI=1S/C16H14N2O2/c1-11-2-4-13(8-17)14(6-11)18-9-12-3-5-15-16(7-12)20-10-19-15/h2-7,18H,9-10H2,1H3. The maximum Gasteiger partial charge on any atom is 0.231 e. The molecule has 0 bridgehead atoms. The highest BCUT2D eigenvalue weighted by molar-refractivity contribution is 5.59. The lowest BCUT2D eigenvalue weighted by atomic mass is 10.1.